The highest BCUT2D eigenvalue weighted by atomic mass is 16.5. The normalized spacial score (nSPS) is 25.6. The van der Waals surface area contributed by atoms with Gasteiger partial charge in [0.15, 0.2) is 5.60 Å². The molecule has 1 aromatic rings. The molecule has 0 bridgehead atoms. The number of likely N-dealkylation sites (N-methyl/N-ethyl adjacent to an activating group) is 1. The summed E-state index contributed by atoms with van der Waals surface area (Å²) < 4.78 is 5.75. The third-order valence-electron chi connectivity index (χ3n) is 4.89. The lowest BCUT2D eigenvalue weighted by Gasteiger charge is -2.39. The van der Waals surface area contributed by atoms with Crippen molar-refractivity contribution in [3.05, 3.63) is 29.8 Å². The molecule has 0 aliphatic carbocycles. The van der Waals surface area contributed by atoms with Crippen molar-refractivity contribution in [2.24, 2.45) is 0 Å². The molecule has 5 nitrogen and oxygen atoms in total. The standard InChI is InChI=1S/C18H27N3O2/c1-18(17(22)19-2)14-20(11-12-23-18)13-15-7-3-4-8-16(15)21-9-5-6-10-21/h3-4,7-8H,5-6,9-14H2,1-2H3,(H,19,22). The molecule has 1 amide bonds. The largest absolute Gasteiger partial charge is 0.371 e. The smallest absolute Gasteiger partial charge is 0.253 e. The summed E-state index contributed by atoms with van der Waals surface area (Å²) >= 11 is 0. The van der Waals surface area contributed by atoms with Crippen LogP contribution in [0.25, 0.3) is 0 Å². The van der Waals surface area contributed by atoms with Crippen molar-refractivity contribution in [3.8, 4) is 0 Å². The van der Waals surface area contributed by atoms with Gasteiger partial charge in [-0.2, -0.15) is 0 Å². The molecule has 1 unspecified atom stereocenters. The molecule has 5 heteroatoms. The van der Waals surface area contributed by atoms with E-state index in [9.17, 15) is 4.79 Å². The Morgan fingerprint density at radius 3 is 2.74 bits per heavy atom. The Bertz CT molecular complexity index is 557. The van der Waals surface area contributed by atoms with Crippen LogP contribution in [0.4, 0.5) is 5.69 Å². The number of para-hydroxylation sites is 1. The highest BCUT2D eigenvalue weighted by Gasteiger charge is 2.38. The molecule has 1 atom stereocenters. The molecular weight excluding hydrogens is 290 g/mol. The Morgan fingerprint density at radius 1 is 1.26 bits per heavy atom. The zero-order valence-electron chi connectivity index (χ0n) is 14.2. The molecule has 126 valence electrons. The van der Waals surface area contributed by atoms with Gasteiger partial charge in [-0.25, -0.2) is 0 Å². The number of hydrogen-bond donors (Lipinski definition) is 1. The number of ether oxygens (including phenoxy) is 1. The van der Waals surface area contributed by atoms with Crippen molar-refractivity contribution < 1.29 is 9.53 Å². The van der Waals surface area contributed by atoms with Crippen LogP contribution in [0.3, 0.4) is 0 Å². The number of anilines is 1. The van der Waals surface area contributed by atoms with Gasteiger partial charge in [0, 0.05) is 45.5 Å². The third kappa shape index (κ3) is 3.51. The van der Waals surface area contributed by atoms with E-state index < -0.39 is 5.60 Å². The predicted molar refractivity (Wildman–Crippen MR) is 91.6 cm³/mol. The molecule has 0 saturated carbocycles. The van der Waals surface area contributed by atoms with Crippen molar-refractivity contribution >= 4 is 11.6 Å². The summed E-state index contributed by atoms with van der Waals surface area (Å²) in [5.41, 5.74) is 1.93. The van der Waals surface area contributed by atoms with Crippen molar-refractivity contribution in [3.63, 3.8) is 0 Å². The average Bonchev–Trinajstić information content (AvgIpc) is 3.09. The van der Waals surface area contributed by atoms with E-state index in [1.165, 1.54) is 24.1 Å². The highest BCUT2D eigenvalue weighted by Crippen LogP contribution is 2.27. The average molecular weight is 317 g/mol. The molecule has 0 radical (unpaired) electrons. The van der Waals surface area contributed by atoms with Gasteiger partial charge in [-0.1, -0.05) is 18.2 Å². The Morgan fingerprint density at radius 2 is 2.00 bits per heavy atom. The van der Waals surface area contributed by atoms with E-state index in [1.54, 1.807) is 7.05 Å². The number of morpholine rings is 1. The summed E-state index contributed by atoms with van der Waals surface area (Å²) in [4.78, 5) is 16.9. The van der Waals surface area contributed by atoms with Gasteiger partial charge < -0.3 is 15.0 Å². The van der Waals surface area contributed by atoms with Crippen molar-refractivity contribution in [2.75, 3.05) is 44.7 Å². The van der Waals surface area contributed by atoms with E-state index in [0.717, 1.165) is 26.2 Å². The first kappa shape index (κ1) is 16.3. The number of carbonyl (C=O) groups is 1. The van der Waals surface area contributed by atoms with Crippen molar-refractivity contribution in [1.29, 1.82) is 0 Å². The Kier molecular flexibility index (Phi) is 4.87. The zero-order valence-corrected chi connectivity index (χ0v) is 14.2. The number of benzene rings is 1. The van der Waals surface area contributed by atoms with Crippen LogP contribution in [0.1, 0.15) is 25.3 Å². The fourth-order valence-corrected chi connectivity index (χ4v) is 3.64. The predicted octanol–water partition coefficient (Wildman–Crippen LogP) is 1.62. The first-order valence-electron chi connectivity index (χ1n) is 8.54. The fourth-order valence-electron chi connectivity index (χ4n) is 3.64. The molecule has 0 aromatic heterocycles. The van der Waals surface area contributed by atoms with Crippen LogP contribution in [0, 0.1) is 0 Å². The molecule has 2 aliphatic rings. The molecule has 2 saturated heterocycles. The van der Waals surface area contributed by atoms with Gasteiger partial charge in [-0.15, -0.1) is 0 Å². The van der Waals surface area contributed by atoms with Crippen molar-refractivity contribution in [1.82, 2.24) is 10.2 Å². The number of carbonyl (C=O) groups excluding carboxylic acids is 1. The van der Waals surface area contributed by atoms with E-state index in [-0.39, 0.29) is 5.91 Å². The second-order valence-corrected chi connectivity index (χ2v) is 6.69. The Hall–Kier alpha value is -1.59. The quantitative estimate of drug-likeness (QED) is 0.917. The monoisotopic (exact) mass is 317 g/mol. The second-order valence-electron chi connectivity index (χ2n) is 6.69. The molecule has 3 rings (SSSR count). The SMILES string of the molecule is CNC(=O)C1(C)CN(Cc2ccccc2N2CCCC2)CCO1. The van der Waals surface area contributed by atoms with E-state index in [4.69, 9.17) is 4.74 Å². The number of hydrogen-bond acceptors (Lipinski definition) is 4. The van der Waals surface area contributed by atoms with Gasteiger partial charge in [0.05, 0.1) is 6.61 Å². The molecule has 0 spiro atoms. The van der Waals surface area contributed by atoms with Crippen molar-refractivity contribution in [2.45, 2.75) is 31.9 Å². The van der Waals surface area contributed by atoms with Crippen LogP contribution in [0.5, 0.6) is 0 Å². The Labute approximate surface area is 138 Å². The van der Waals surface area contributed by atoms with E-state index in [1.807, 2.05) is 6.92 Å². The highest BCUT2D eigenvalue weighted by molar-refractivity contribution is 5.84. The molecule has 2 fully saturated rings. The number of rotatable bonds is 4. The van der Waals surface area contributed by atoms with E-state index in [2.05, 4.69) is 39.4 Å². The third-order valence-corrected chi connectivity index (χ3v) is 4.89. The van der Waals surface area contributed by atoms with Gasteiger partial charge in [-0.05, 0) is 31.4 Å². The zero-order chi connectivity index (χ0) is 16.3. The molecule has 2 heterocycles. The first-order chi connectivity index (χ1) is 11.1. The summed E-state index contributed by atoms with van der Waals surface area (Å²) in [5, 5.41) is 2.72. The number of nitrogens with zero attached hydrogens (tertiary/aromatic N) is 2. The van der Waals surface area contributed by atoms with Gasteiger partial charge in [0.25, 0.3) is 5.91 Å². The maximum absolute atomic E-state index is 12.1. The van der Waals surface area contributed by atoms with E-state index >= 15 is 0 Å². The lowest BCUT2D eigenvalue weighted by Crippen LogP contribution is -2.57. The minimum atomic E-state index is -0.754. The molecule has 23 heavy (non-hydrogen) atoms. The Balaban J connectivity index is 1.73. The van der Waals surface area contributed by atoms with Gasteiger partial charge in [-0.3, -0.25) is 9.69 Å². The van der Waals surface area contributed by atoms with Gasteiger partial charge in [0.2, 0.25) is 0 Å². The lowest BCUT2D eigenvalue weighted by molar-refractivity contribution is -0.156. The van der Waals surface area contributed by atoms with Crippen LogP contribution in [0.15, 0.2) is 24.3 Å². The van der Waals surface area contributed by atoms with Crippen LogP contribution < -0.4 is 10.2 Å². The summed E-state index contributed by atoms with van der Waals surface area (Å²) in [6.45, 7) is 7.12. The summed E-state index contributed by atoms with van der Waals surface area (Å²) in [6.07, 6.45) is 2.56. The van der Waals surface area contributed by atoms with Crippen LogP contribution in [-0.2, 0) is 16.1 Å². The number of amides is 1. The minimum Gasteiger partial charge on any atom is -0.371 e. The molecule has 1 N–H and O–H groups in total. The maximum Gasteiger partial charge on any atom is 0.253 e. The summed E-state index contributed by atoms with van der Waals surface area (Å²) in [7, 11) is 1.67. The number of nitrogens with one attached hydrogen (secondary N) is 1. The second kappa shape index (κ2) is 6.89. The van der Waals surface area contributed by atoms with E-state index in [0.29, 0.717) is 13.2 Å². The van der Waals surface area contributed by atoms with Crippen LogP contribution in [0.2, 0.25) is 0 Å². The minimum absolute atomic E-state index is 0.0463. The topological polar surface area (TPSA) is 44.8 Å². The van der Waals surface area contributed by atoms with Crippen LogP contribution in [-0.4, -0.2) is 56.2 Å². The maximum atomic E-state index is 12.1. The molecular formula is C18H27N3O2. The van der Waals surface area contributed by atoms with Gasteiger partial charge >= 0.3 is 0 Å². The summed E-state index contributed by atoms with van der Waals surface area (Å²) in [6, 6.07) is 8.65. The first-order valence-corrected chi connectivity index (χ1v) is 8.54. The fraction of sp³-hybridized carbons (Fsp3) is 0.611. The van der Waals surface area contributed by atoms with Crippen LogP contribution >= 0.6 is 0 Å². The molecule has 1 aromatic carbocycles. The molecule has 2 aliphatic heterocycles. The van der Waals surface area contributed by atoms with Gasteiger partial charge in [0.1, 0.15) is 0 Å². The lowest BCUT2D eigenvalue weighted by atomic mass is 10.0. The summed E-state index contributed by atoms with van der Waals surface area (Å²) in [5.74, 6) is -0.0463.